The number of amides is 1. The summed E-state index contributed by atoms with van der Waals surface area (Å²) in [6.45, 7) is 6.33. The zero-order chi connectivity index (χ0) is 27.1. The average molecular weight is 525 g/mol. The molecule has 0 bridgehead atoms. The van der Waals surface area contributed by atoms with Gasteiger partial charge in [0.1, 0.15) is 11.5 Å². The minimum atomic E-state index is -0.791. The summed E-state index contributed by atoms with van der Waals surface area (Å²) in [7, 11) is 3.07. The van der Waals surface area contributed by atoms with Gasteiger partial charge < -0.3 is 29.0 Å². The fourth-order valence-electron chi connectivity index (χ4n) is 4.78. The second-order valence-corrected chi connectivity index (χ2v) is 9.29. The van der Waals surface area contributed by atoms with Gasteiger partial charge in [-0.05, 0) is 36.2 Å². The van der Waals surface area contributed by atoms with Crippen LogP contribution in [0.2, 0.25) is 0 Å². The number of hydrogen-bond donors (Lipinski definition) is 1. The fraction of sp³-hybridized carbons (Fsp3) is 0.448. The van der Waals surface area contributed by atoms with E-state index >= 15 is 0 Å². The topological polar surface area (TPSA) is 97.8 Å². The summed E-state index contributed by atoms with van der Waals surface area (Å²) >= 11 is 0. The van der Waals surface area contributed by atoms with Crippen LogP contribution in [0.1, 0.15) is 36.9 Å². The van der Waals surface area contributed by atoms with Crippen LogP contribution in [0.15, 0.2) is 48.0 Å². The van der Waals surface area contributed by atoms with Crippen molar-refractivity contribution in [3.05, 3.63) is 59.2 Å². The summed E-state index contributed by atoms with van der Waals surface area (Å²) in [6, 6.07) is 11.4. The van der Waals surface area contributed by atoms with Crippen LogP contribution in [0, 0.1) is 0 Å². The van der Waals surface area contributed by atoms with E-state index in [-0.39, 0.29) is 11.3 Å². The third-order valence-electron chi connectivity index (χ3n) is 6.90. The summed E-state index contributed by atoms with van der Waals surface area (Å²) in [6.07, 6.45) is 1.91. The van der Waals surface area contributed by atoms with Crippen molar-refractivity contribution >= 4 is 17.4 Å². The molecule has 2 heterocycles. The second-order valence-electron chi connectivity index (χ2n) is 9.29. The Morgan fingerprint density at radius 2 is 1.79 bits per heavy atom. The molecule has 0 radical (unpaired) electrons. The Labute approximate surface area is 223 Å². The molecule has 2 aliphatic rings. The molecule has 1 unspecified atom stereocenters. The number of aliphatic hydroxyl groups is 1. The molecule has 2 fully saturated rings. The van der Waals surface area contributed by atoms with E-state index in [2.05, 4.69) is 11.8 Å². The van der Waals surface area contributed by atoms with Crippen molar-refractivity contribution in [1.29, 1.82) is 0 Å². The monoisotopic (exact) mass is 524 g/mol. The van der Waals surface area contributed by atoms with Gasteiger partial charge in [-0.3, -0.25) is 14.5 Å². The predicted octanol–water partition coefficient (Wildman–Crippen LogP) is 3.64. The number of rotatable bonds is 11. The summed E-state index contributed by atoms with van der Waals surface area (Å²) < 4.78 is 22.1. The van der Waals surface area contributed by atoms with Gasteiger partial charge in [0.15, 0.2) is 11.5 Å². The number of carbonyl (C=O) groups is 2. The van der Waals surface area contributed by atoms with Crippen molar-refractivity contribution in [2.24, 2.45) is 0 Å². The predicted molar refractivity (Wildman–Crippen MR) is 143 cm³/mol. The molecule has 1 N–H and O–H groups in total. The number of ether oxygens (including phenoxy) is 4. The summed E-state index contributed by atoms with van der Waals surface area (Å²) in [5.74, 6) is -0.0188. The van der Waals surface area contributed by atoms with Crippen molar-refractivity contribution in [2.45, 2.75) is 25.8 Å². The van der Waals surface area contributed by atoms with Crippen molar-refractivity contribution in [1.82, 2.24) is 9.80 Å². The lowest BCUT2D eigenvalue weighted by molar-refractivity contribution is -0.140. The standard InChI is InChI=1S/C29H36N2O7/c1-4-5-15-38-22-8-6-7-21(18-22)27(32)25-26(20-9-10-23(35-2)24(19-20)36-3)31(29(34)28(25)33)12-11-30-13-16-37-17-14-30/h6-10,18-19,26,32H,4-5,11-17H2,1-3H3. The number of carbonyl (C=O) groups excluding carboxylic acids is 2. The lowest BCUT2D eigenvalue weighted by Crippen LogP contribution is -2.42. The lowest BCUT2D eigenvalue weighted by atomic mass is 9.95. The van der Waals surface area contributed by atoms with E-state index in [4.69, 9.17) is 18.9 Å². The van der Waals surface area contributed by atoms with Crippen molar-refractivity contribution < 1.29 is 33.6 Å². The van der Waals surface area contributed by atoms with Gasteiger partial charge in [-0.1, -0.05) is 31.5 Å². The van der Waals surface area contributed by atoms with E-state index in [1.54, 1.807) is 49.6 Å². The van der Waals surface area contributed by atoms with Gasteiger partial charge in [-0.15, -0.1) is 0 Å². The first-order valence-corrected chi connectivity index (χ1v) is 13.0. The number of ketones is 1. The largest absolute Gasteiger partial charge is 0.507 e. The molecule has 0 spiro atoms. The zero-order valence-electron chi connectivity index (χ0n) is 22.3. The Balaban J connectivity index is 1.74. The minimum Gasteiger partial charge on any atom is -0.507 e. The molecule has 9 nitrogen and oxygen atoms in total. The molecule has 38 heavy (non-hydrogen) atoms. The van der Waals surface area contributed by atoms with Gasteiger partial charge in [0, 0.05) is 31.7 Å². The molecular weight excluding hydrogens is 488 g/mol. The number of aliphatic hydroxyl groups excluding tert-OH is 1. The smallest absolute Gasteiger partial charge is 0.295 e. The summed E-state index contributed by atoms with van der Waals surface area (Å²) in [5.41, 5.74) is 1.09. The van der Waals surface area contributed by atoms with Crippen LogP contribution in [-0.4, -0.2) is 86.8 Å². The van der Waals surface area contributed by atoms with Crippen molar-refractivity contribution in [2.75, 3.05) is 60.2 Å². The molecule has 1 atom stereocenters. The third-order valence-corrected chi connectivity index (χ3v) is 6.90. The van der Waals surface area contributed by atoms with Crippen LogP contribution in [0.5, 0.6) is 17.2 Å². The number of hydrogen-bond acceptors (Lipinski definition) is 8. The SMILES string of the molecule is CCCCOc1cccc(C(O)=C2C(=O)C(=O)N(CCN3CCOCC3)C2c2ccc(OC)c(OC)c2)c1. The number of morpholine rings is 1. The first kappa shape index (κ1) is 27.5. The van der Waals surface area contributed by atoms with Gasteiger partial charge in [-0.25, -0.2) is 0 Å². The molecule has 2 aromatic rings. The van der Waals surface area contributed by atoms with Crippen LogP contribution < -0.4 is 14.2 Å². The van der Waals surface area contributed by atoms with E-state index in [0.29, 0.717) is 61.3 Å². The molecule has 2 saturated heterocycles. The van der Waals surface area contributed by atoms with Gasteiger partial charge in [0.25, 0.3) is 11.7 Å². The highest BCUT2D eigenvalue weighted by Crippen LogP contribution is 2.42. The number of methoxy groups -OCH3 is 2. The molecule has 1 amide bonds. The Morgan fingerprint density at radius 3 is 2.50 bits per heavy atom. The molecule has 0 aromatic heterocycles. The molecular formula is C29H36N2O7. The molecule has 204 valence electrons. The molecule has 4 rings (SSSR count). The van der Waals surface area contributed by atoms with Crippen molar-refractivity contribution in [3.63, 3.8) is 0 Å². The Kier molecular flexibility index (Phi) is 9.25. The number of benzene rings is 2. The van der Waals surface area contributed by atoms with Crippen LogP contribution in [0.3, 0.4) is 0 Å². The molecule has 0 saturated carbocycles. The van der Waals surface area contributed by atoms with Crippen LogP contribution >= 0.6 is 0 Å². The van der Waals surface area contributed by atoms with Crippen LogP contribution in [0.25, 0.3) is 5.76 Å². The maximum Gasteiger partial charge on any atom is 0.295 e. The Morgan fingerprint density at radius 1 is 1.03 bits per heavy atom. The quantitative estimate of drug-likeness (QED) is 0.206. The zero-order valence-corrected chi connectivity index (χ0v) is 22.3. The number of likely N-dealkylation sites (tertiary alicyclic amines) is 1. The second kappa shape index (κ2) is 12.8. The van der Waals surface area contributed by atoms with Gasteiger partial charge >= 0.3 is 0 Å². The Hall–Kier alpha value is -3.56. The van der Waals surface area contributed by atoms with Crippen LogP contribution in [-0.2, 0) is 14.3 Å². The minimum absolute atomic E-state index is 0.0369. The molecule has 2 aromatic carbocycles. The molecule has 9 heteroatoms. The highest BCUT2D eigenvalue weighted by molar-refractivity contribution is 6.46. The molecule has 0 aliphatic carbocycles. The fourth-order valence-corrected chi connectivity index (χ4v) is 4.78. The van der Waals surface area contributed by atoms with Gasteiger partial charge in [0.05, 0.1) is 45.7 Å². The van der Waals surface area contributed by atoms with E-state index in [1.165, 1.54) is 12.0 Å². The third kappa shape index (κ3) is 5.95. The highest BCUT2D eigenvalue weighted by Gasteiger charge is 2.46. The number of unbranched alkanes of at least 4 members (excludes halogenated alkanes) is 1. The van der Waals surface area contributed by atoms with E-state index in [9.17, 15) is 14.7 Å². The summed E-state index contributed by atoms with van der Waals surface area (Å²) in [5, 5.41) is 11.4. The number of Topliss-reactive ketones (excluding diaryl/α,β-unsaturated/α-hetero) is 1. The van der Waals surface area contributed by atoms with E-state index in [0.717, 1.165) is 25.9 Å². The van der Waals surface area contributed by atoms with Gasteiger partial charge in [-0.2, -0.15) is 0 Å². The van der Waals surface area contributed by atoms with Crippen LogP contribution in [0.4, 0.5) is 0 Å². The van der Waals surface area contributed by atoms with E-state index in [1.807, 2.05) is 0 Å². The normalized spacial score (nSPS) is 19.6. The number of nitrogens with zero attached hydrogens (tertiary/aromatic N) is 2. The highest BCUT2D eigenvalue weighted by atomic mass is 16.5. The Bertz CT molecular complexity index is 1170. The maximum atomic E-state index is 13.4. The van der Waals surface area contributed by atoms with E-state index < -0.39 is 17.7 Å². The van der Waals surface area contributed by atoms with Crippen molar-refractivity contribution in [3.8, 4) is 17.2 Å². The first-order valence-electron chi connectivity index (χ1n) is 13.0. The van der Waals surface area contributed by atoms with Gasteiger partial charge in [0.2, 0.25) is 0 Å². The average Bonchev–Trinajstić information content (AvgIpc) is 3.21. The maximum absolute atomic E-state index is 13.4. The molecule has 2 aliphatic heterocycles. The lowest BCUT2D eigenvalue weighted by Gasteiger charge is -2.31. The first-order chi connectivity index (χ1) is 18.5. The summed E-state index contributed by atoms with van der Waals surface area (Å²) in [4.78, 5) is 30.5.